The molecule has 25 heavy (non-hydrogen) atoms. The van der Waals surface area contributed by atoms with E-state index in [0.29, 0.717) is 11.5 Å². The van der Waals surface area contributed by atoms with Gasteiger partial charge in [0.25, 0.3) is 5.91 Å². The first kappa shape index (κ1) is 16.9. The van der Waals surface area contributed by atoms with E-state index >= 15 is 0 Å². The van der Waals surface area contributed by atoms with Crippen LogP contribution in [0, 0.1) is 10.8 Å². The van der Waals surface area contributed by atoms with Crippen molar-refractivity contribution in [2.75, 3.05) is 6.54 Å². The van der Waals surface area contributed by atoms with Crippen LogP contribution in [0.1, 0.15) is 57.4 Å². The summed E-state index contributed by atoms with van der Waals surface area (Å²) in [5.41, 5.74) is 1.47. The smallest absolute Gasteiger partial charge is 0.270 e. The van der Waals surface area contributed by atoms with Crippen LogP contribution in [0.2, 0.25) is 0 Å². The molecule has 1 aliphatic carbocycles. The van der Waals surface area contributed by atoms with Crippen molar-refractivity contribution in [1.82, 2.24) is 9.47 Å². The molecule has 0 N–H and O–H groups in total. The predicted octanol–water partition coefficient (Wildman–Crippen LogP) is 5.32. The second-order valence-electron chi connectivity index (χ2n) is 9.04. The molecule has 1 aliphatic heterocycles. The first-order chi connectivity index (χ1) is 11.8. The molecule has 2 fully saturated rings. The monoisotopic (exact) mass is 356 g/mol. The summed E-state index contributed by atoms with van der Waals surface area (Å²) in [6, 6.07) is 4.60. The molecule has 0 aromatic carbocycles. The van der Waals surface area contributed by atoms with Crippen molar-refractivity contribution in [3.05, 3.63) is 35.4 Å². The van der Waals surface area contributed by atoms with Crippen molar-refractivity contribution < 1.29 is 4.79 Å². The van der Waals surface area contributed by atoms with Gasteiger partial charge in [-0.15, -0.1) is 11.3 Å². The Morgan fingerprint density at radius 1 is 1.36 bits per heavy atom. The number of aromatic nitrogens is 1. The molecule has 1 saturated heterocycles. The molecule has 1 amide bonds. The van der Waals surface area contributed by atoms with Gasteiger partial charge in [0.15, 0.2) is 0 Å². The fourth-order valence-electron chi connectivity index (χ4n) is 5.39. The second kappa shape index (κ2) is 5.73. The van der Waals surface area contributed by atoms with Gasteiger partial charge in [-0.1, -0.05) is 32.9 Å². The zero-order valence-corrected chi connectivity index (χ0v) is 16.5. The minimum atomic E-state index is 0.222. The van der Waals surface area contributed by atoms with Gasteiger partial charge in [0.2, 0.25) is 0 Å². The normalized spacial score (nSPS) is 28.3. The molecule has 1 saturated carbocycles. The lowest BCUT2D eigenvalue weighted by atomic mass is 9.65. The Bertz CT molecular complexity index is 843. The third-order valence-corrected chi connectivity index (χ3v) is 6.87. The molecule has 3 heterocycles. The predicted molar refractivity (Wildman–Crippen MR) is 105 cm³/mol. The largest absolute Gasteiger partial charge is 0.334 e. The molecular weight excluding hydrogens is 328 g/mol. The maximum absolute atomic E-state index is 13.5. The molecule has 3 nitrogen and oxygen atoms in total. The summed E-state index contributed by atoms with van der Waals surface area (Å²) < 4.78 is 2.19. The van der Waals surface area contributed by atoms with Gasteiger partial charge in [-0.05, 0) is 54.5 Å². The Kier molecular flexibility index (Phi) is 3.87. The topological polar surface area (TPSA) is 25.2 Å². The van der Waals surface area contributed by atoms with E-state index in [4.69, 9.17) is 0 Å². The van der Waals surface area contributed by atoms with Crippen LogP contribution in [-0.4, -0.2) is 28.0 Å². The maximum Gasteiger partial charge on any atom is 0.270 e. The Morgan fingerprint density at radius 2 is 2.16 bits per heavy atom. The van der Waals surface area contributed by atoms with Gasteiger partial charge in [-0.3, -0.25) is 4.79 Å². The van der Waals surface area contributed by atoms with Crippen molar-refractivity contribution in [1.29, 1.82) is 0 Å². The van der Waals surface area contributed by atoms with Crippen LogP contribution in [0.5, 0.6) is 0 Å². The van der Waals surface area contributed by atoms with E-state index in [-0.39, 0.29) is 11.3 Å². The van der Waals surface area contributed by atoms with Crippen molar-refractivity contribution in [3.8, 4) is 0 Å². The summed E-state index contributed by atoms with van der Waals surface area (Å²) in [7, 11) is 0. The van der Waals surface area contributed by atoms with Crippen LogP contribution < -0.4 is 0 Å². The van der Waals surface area contributed by atoms with E-state index in [1.165, 1.54) is 16.6 Å². The van der Waals surface area contributed by atoms with E-state index in [1.807, 2.05) is 6.92 Å². The van der Waals surface area contributed by atoms with Crippen LogP contribution >= 0.6 is 11.3 Å². The molecule has 2 aromatic rings. The molecular formula is C21H28N2OS. The fraction of sp³-hybridized carbons (Fsp3) is 0.571. The molecule has 2 unspecified atom stereocenters. The van der Waals surface area contributed by atoms with Crippen molar-refractivity contribution >= 4 is 27.5 Å². The van der Waals surface area contributed by atoms with E-state index in [2.05, 4.69) is 59.9 Å². The quantitative estimate of drug-likeness (QED) is 0.683. The summed E-state index contributed by atoms with van der Waals surface area (Å²) in [4.78, 5) is 16.9. The van der Waals surface area contributed by atoms with Crippen molar-refractivity contribution in [2.45, 2.75) is 59.5 Å². The molecule has 2 atom stereocenters. The highest BCUT2D eigenvalue weighted by atomic mass is 32.1. The summed E-state index contributed by atoms with van der Waals surface area (Å²) in [6.45, 7) is 10.8. The molecule has 4 rings (SSSR count). The Labute approximate surface area is 154 Å². The number of allylic oxidation sites excluding steroid dienone is 2. The Morgan fingerprint density at radius 3 is 2.92 bits per heavy atom. The third-order valence-electron chi connectivity index (χ3n) is 5.92. The number of nitrogens with zero attached hydrogens (tertiary/aromatic N) is 2. The van der Waals surface area contributed by atoms with Gasteiger partial charge in [0.1, 0.15) is 10.5 Å². The van der Waals surface area contributed by atoms with Gasteiger partial charge in [0.05, 0.1) is 0 Å². The maximum atomic E-state index is 13.5. The lowest BCUT2D eigenvalue weighted by Gasteiger charge is -2.39. The Balaban J connectivity index is 1.70. The number of thiophene rings is 1. The highest BCUT2D eigenvalue weighted by Gasteiger charge is 2.51. The first-order valence-corrected chi connectivity index (χ1v) is 10.2. The summed E-state index contributed by atoms with van der Waals surface area (Å²) >= 11 is 1.72. The number of fused-ring (bicyclic) bond motifs is 3. The average molecular weight is 357 g/mol. The SMILES string of the molecule is CC=CCn1c(C(=O)N2CC3(C)CC2CC(C)(C)C3)cc2ccsc21. The van der Waals surface area contributed by atoms with Crippen molar-refractivity contribution in [3.63, 3.8) is 0 Å². The van der Waals surface area contributed by atoms with Gasteiger partial charge in [-0.25, -0.2) is 0 Å². The summed E-state index contributed by atoms with van der Waals surface area (Å²) in [5.74, 6) is 0.222. The van der Waals surface area contributed by atoms with Crippen LogP contribution in [0.4, 0.5) is 0 Å². The zero-order chi connectivity index (χ0) is 17.8. The molecule has 2 aromatic heterocycles. The van der Waals surface area contributed by atoms with E-state index < -0.39 is 0 Å². The van der Waals surface area contributed by atoms with Gasteiger partial charge < -0.3 is 9.47 Å². The van der Waals surface area contributed by atoms with Crippen LogP contribution in [0.15, 0.2) is 29.7 Å². The lowest BCUT2D eigenvalue weighted by Crippen LogP contribution is -2.38. The lowest BCUT2D eigenvalue weighted by molar-refractivity contribution is 0.0698. The van der Waals surface area contributed by atoms with E-state index in [1.54, 1.807) is 11.3 Å². The number of carbonyl (C=O) groups is 1. The highest BCUT2D eigenvalue weighted by Crippen LogP contribution is 2.52. The number of rotatable bonds is 3. The van der Waals surface area contributed by atoms with E-state index in [0.717, 1.165) is 31.6 Å². The second-order valence-corrected chi connectivity index (χ2v) is 9.93. The summed E-state index contributed by atoms with van der Waals surface area (Å²) in [5, 5.41) is 3.30. The number of hydrogen-bond acceptors (Lipinski definition) is 2. The average Bonchev–Trinajstić information content (AvgIpc) is 3.15. The van der Waals surface area contributed by atoms with Crippen LogP contribution in [0.25, 0.3) is 10.2 Å². The molecule has 134 valence electrons. The number of amides is 1. The standard InChI is InChI=1S/C21H28N2OS/c1-5-6-8-22-17(10-15-7-9-25-19(15)22)18(24)23-14-21(4)12-16(23)11-20(2,3)13-21/h5-7,9-10,16H,8,11-14H2,1-4H3. The Hall–Kier alpha value is -1.55. The molecule has 2 aliphatic rings. The number of carbonyl (C=O) groups excluding carboxylic acids is 1. The summed E-state index contributed by atoms with van der Waals surface area (Å²) in [6.07, 6.45) is 7.68. The van der Waals surface area contributed by atoms with Crippen LogP contribution in [0.3, 0.4) is 0 Å². The molecule has 2 bridgehead atoms. The molecule has 0 spiro atoms. The van der Waals surface area contributed by atoms with Crippen LogP contribution in [-0.2, 0) is 6.54 Å². The van der Waals surface area contributed by atoms with E-state index in [9.17, 15) is 4.79 Å². The van der Waals surface area contributed by atoms with Gasteiger partial charge in [-0.2, -0.15) is 0 Å². The highest BCUT2D eigenvalue weighted by molar-refractivity contribution is 7.16. The van der Waals surface area contributed by atoms with Gasteiger partial charge >= 0.3 is 0 Å². The third kappa shape index (κ3) is 2.84. The minimum Gasteiger partial charge on any atom is -0.334 e. The number of likely N-dealkylation sites (tertiary alicyclic amines) is 1. The number of hydrogen-bond donors (Lipinski definition) is 0. The molecule has 0 radical (unpaired) electrons. The van der Waals surface area contributed by atoms with Crippen molar-refractivity contribution in [2.24, 2.45) is 10.8 Å². The zero-order valence-electron chi connectivity index (χ0n) is 15.7. The first-order valence-electron chi connectivity index (χ1n) is 9.31. The fourth-order valence-corrected chi connectivity index (χ4v) is 6.30. The minimum absolute atomic E-state index is 0.222. The van der Waals surface area contributed by atoms with Gasteiger partial charge in [0, 0.05) is 24.5 Å². The molecule has 4 heteroatoms.